The Bertz CT molecular complexity index is 817. The molecule has 0 saturated heterocycles. The number of aromatic nitrogens is 2. The van der Waals surface area contributed by atoms with Crippen LogP contribution >= 0.6 is 0 Å². The summed E-state index contributed by atoms with van der Waals surface area (Å²) in [7, 11) is 0. The molecule has 1 heterocycles. The molecule has 0 N–H and O–H groups in total. The molecule has 2 aromatic rings. The quantitative estimate of drug-likeness (QED) is 0.549. The van der Waals surface area contributed by atoms with E-state index in [4.69, 9.17) is 4.74 Å². The van der Waals surface area contributed by atoms with Gasteiger partial charge in [-0.3, -0.25) is 0 Å². The van der Waals surface area contributed by atoms with E-state index < -0.39 is 11.7 Å². The maximum Gasteiger partial charge on any atom is 0.423 e. The summed E-state index contributed by atoms with van der Waals surface area (Å²) < 4.78 is 46.3. The van der Waals surface area contributed by atoms with E-state index in [2.05, 4.69) is 23.8 Å². The number of nitrogens with zero attached hydrogens (tertiary/aromatic N) is 3. The summed E-state index contributed by atoms with van der Waals surface area (Å²) >= 11 is 0. The lowest BCUT2D eigenvalue weighted by molar-refractivity contribution is -0.140. The van der Waals surface area contributed by atoms with Crippen molar-refractivity contribution >= 4 is 11.6 Å². The molecule has 0 radical (unpaired) electrons. The molecular weight excluding hydrogens is 379 g/mol. The van der Waals surface area contributed by atoms with Gasteiger partial charge in [-0.1, -0.05) is 32.4 Å². The molecule has 0 bridgehead atoms. The number of hydrogen-bond acceptors (Lipinski definition) is 4. The lowest BCUT2D eigenvalue weighted by atomic mass is 9.98. The minimum absolute atomic E-state index is 0.215. The van der Waals surface area contributed by atoms with Crippen LogP contribution in [0, 0.1) is 0 Å². The third-order valence-electron chi connectivity index (χ3n) is 5.28. The van der Waals surface area contributed by atoms with Crippen LogP contribution in [0.5, 0.6) is 5.88 Å². The van der Waals surface area contributed by atoms with Crippen molar-refractivity contribution in [2.45, 2.75) is 71.1 Å². The summed E-state index contributed by atoms with van der Waals surface area (Å²) in [5, 5.41) is 0. The fourth-order valence-electron chi connectivity index (χ4n) is 3.60. The summed E-state index contributed by atoms with van der Waals surface area (Å²) in [5.74, 6) is 0.187. The van der Waals surface area contributed by atoms with E-state index in [1.807, 2.05) is 31.2 Å². The Morgan fingerprint density at radius 2 is 1.90 bits per heavy atom. The van der Waals surface area contributed by atoms with Crippen molar-refractivity contribution in [3.8, 4) is 5.88 Å². The topological polar surface area (TPSA) is 38.2 Å². The van der Waals surface area contributed by atoms with Crippen LogP contribution in [0.2, 0.25) is 0 Å². The Hall–Kier alpha value is -2.31. The molecule has 7 heteroatoms. The first-order valence-corrected chi connectivity index (χ1v) is 10.3. The van der Waals surface area contributed by atoms with Crippen molar-refractivity contribution < 1.29 is 17.9 Å². The van der Waals surface area contributed by atoms with Crippen LogP contribution in [0.1, 0.15) is 69.9 Å². The summed E-state index contributed by atoms with van der Waals surface area (Å²) in [6.07, 6.45) is 0.588. The largest absolute Gasteiger partial charge is 0.474 e. The second-order valence-corrected chi connectivity index (χ2v) is 7.76. The molecule has 3 rings (SSSR count). The molecule has 29 heavy (non-hydrogen) atoms. The fraction of sp³-hybridized carbons (Fsp3) is 0.545. The Kier molecular flexibility index (Phi) is 6.65. The van der Waals surface area contributed by atoms with Gasteiger partial charge in [0.05, 0.1) is 0 Å². The first kappa shape index (κ1) is 21.4. The van der Waals surface area contributed by atoms with Gasteiger partial charge < -0.3 is 9.64 Å². The molecule has 1 aliphatic carbocycles. The highest BCUT2D eigenvalue weighted by Gasteiger charge is 2.37. The fourth-order valence-corrected chi connectivity index (χ4v) is 3.60. The Morgan fingerprint density at radius 3 is 2.52 bits per heavy atom. The molecule has 0 spiro atoms. The standard InChI is InChI=1S/C22H28F3N3O/c1-4-28(17-10-8-9-16(13-17)15(2)3)21-26-14-19(22(23,24)25)20(27-21)29-18-11-6-5-7-12-18/h8-10,13-15,18H,4-7,11-12H2,1-3H3. The van der Waals surface area contributed by atoms with Crippen molar-refractivity contribution in [2.75, 3.05) is 11.4 Å². The van der Waals surface area contributed by atoms with Crippen LogP contribution < -0.4 is 9.64 Å². The van der Waals surface area contributed by atoms with Gasteiger partial charge in [-0.25, -0.2) is 4.98 Å². The number of hydrogen-bond donors (Lipinski definition) is 0. The SMILES string of the molecule is CCN(c1cccc(C(C)C)c1)c1ncc(C(F)(F)F)c(OC2CCCCC2)n1. The number of alkyl halides is 3. The summed E-state index contributed by atoms with van der Waals surface area (Å²) in [5.41, 5.74) is 1.08. The maximum atomic E-state index is 13.5. The van der Waals surface area contributed by atoms with Crippen LogP contribution in [-0.4, -0.2) is 22.6 Å². The summed E-state index contributed by atoms with van der Waals surface area (Å²) in [6.45, 7) is 6.64. The zero-order valence-corrected chi connectivity index (χ0v) is 17.2. The number of ether oxygens (including phenoxy) is 1. The summed E-state index contributed by atoms with van der Waals surface area (Å²) in [6, 6.07) is 7.92. The molecule has 1 aromatic heterocycles. The molecule has 0 unspecified atom stereocenters. The zero-order valence-electron chi connectivity index (χ0n) is 17.2. The molecule has 1 aliphatic rings. The van der Waals surface area contributed by atoms with Crippen molar-refractivity contribution in [3.05, 3.63) is 41.6 Å². The van der Waals surface area contributed by atoms with E-state index in [-0.39, 0.29) is 17.9 Å². The smallest absolute Gasteiger partial charge is 0.423 e. The summed E-state index contributed by atoms with van der Waals surface area (Å²) in [4.78, 5) is 10.1. The first-order chi connectivity index (χ1) is 13.8. The van der Waals surface area contributed by atoms with Gasteiger partial charge in [-0.05, 0) is 56.2 Å². The van der Waals surface area contributed by atoms with Gasteiger partial charge in [0.15, 0.2) is 0 Å². The van der Waals surface area contributed by atoms with Crippen LogP contribution in [0.4, 0.5) is 24.8 Å². The van der Waals surface area contributed by atoms with E-state index in [0.717, 1.165) is 49.6 Å². The van der Waals surface area contributed by atoms with Crippen molar-refractivity contribution in [1.29, 1.82) is 0 Å². The number of halogens is 3. The minimum Gasteiger partial charge on any atom is -0.474 e. The second kappa shape index (κ2) is 9.01. The first-order valence-electron chi connectivity index (χ1n) is 10.3. The second-order valence-electron chi connectivity index (χ2n) is 7.76. The van der Waals surface area contributed by atoms with Crippen LogP contribution in [0.25, 0.3) is 0 Å². The predicted molar refractivity (Wildman–Crippen MR) is 108 cm³/mol. The van der Waals surface area contributed by atoms with E-state index in [9.17, 15) is 13.2 Å². The molecule has 0 aliphatic heterocycles. The normalized spacial score (nSPS) is 15.6. The van der Waals surface area contributed by atoms with Crippen molar-refractivity contribution in [2.24, 2.45) is 0 Å². The van der Waals surface area contributed by atoms with E-state index in [0.29, 0.717) is 12.5 Å². The van der Waals surface area contributed by atoms with Gasteiger partial charge in [0, 0.05) is 18.4 Å². The molecule has 0 amide bonds. The number of benzene rings is 1. The zero-order chi connectivity index (χ0) is 21.0. The predicted octanol–water partition coefficient (Wildman–Crippen LogP) is 6.49. The average Bonchev–Trinajstić information content (AvgIpc) is 2.69. The van der Waals surface area contributed by atoms with Gasteiger partial charge >= 0.3 is 6.18 Å². The molecule has 4 nitrogen and oxygen atoms in total. The van der Waals surface area contributed by atoms with Gasteiger partial charge in [-0.2, -0.15) is 18.2 Å². The maximum absolute atomic E-state index is 13.5. The molecule has 158 valence electrons. The molecular formula is C22H28F3N3O. The Morgan fingerprint density at radius 1 is 1.17 bits per heavy atom. The van der Waals surface area contributed by atoms with E-state index in [1.165, 1.54) is 0 Å². The van der Waals surface area contributed by atoms with Crippen LogP contribution in [-0.2, 0) is 6.18 Å². The highest BCUT2D eigenvalue weighted by Crippen LogP contribution is 2.37. The molecule has 0 atom stereocenters. The monoisotopic (exact) mass is 407 g/mol. The highest BCUT2D eigenvalue weighted by atomic mass is 19.4. The van der Waals surface area contributed by atoms with Crippen molar-refractivity contribution in [1.82, 2.24) is 9.97 Å². The highest BCUT2D eigenvalue weighted by molar-refractivity contribution is 5.59. The van der Waals surface area contributed by atoms with Gasteiger partial charge in [0.1, 0.15) is 11.7 Å². The van der Waals surface area contributed by atoms with E-state index >= 15 is 0 Å². The van der Waals surface area contributed by atoms with Gasteiger partial charge in [-0.15, -0.1) is 0 Å². The average molecular weight is 407 g/mol. The molecule has 1 saturated carbocycles. The number of rotatable bonds is 6. The number of anilines is 2. The third kappa shape index (κ3) is 5.19. The lowest BCUT2D eigenvalue weighted by Crippen LogP contribution is -2.24. The van der Waals surface area contributed by atoms with Crippen LogP contribution in [0.15, 0.2) is 30.5 Å². The lowest BCUT2D eigenvalue weighted by Gasteiger charge is -2.26. The van der Waals surface area contributed by atoms with Crippen molar-refractivity contribution in [3.63, 3.8) is 0 Å². The van der Waals surface area contributed by atoms with Gasteiger partial charge in [0.25, 0.3) is 0 Å². The van der Waals surface area contributed by atoms with Gasteiger partial charge in [0.2, 0.25) is 11.8 Å². The molecule has 1 fully saturated rings. The third-order valence-corrected chi connectivity index (χ3v) is 5.28. The molecule has 1 aromatic carbocycles. The van der Waals surface area contributed by atoms with Crippen LogP contribution in [0.3, 0.4) is 0 Å². The Balaban J connectivity index is 1.97. The minimum atomic E-state index is -4.56. The Labute approximate surface area is 170 Å². The van der Waals surface area contributed by atoms with E-state index in [1.54, 1.807) is 4.90 Å².